The minimum absolute atomic E-state index is 0.241. The summed E-state index contributed by atoms with van der Waals surface area (Å²) in [6, 6.07) is 23.4. The fourth-order valence-electron chi connectivity index (χ4n) is 6.43. The molecule has 2 N–H and O–H groups in total. The Balaban J connectivity index is 1.35. The normalized spacial score (nSPS) is 17.5. The number of amides is 2. The number of carbonyl (C=O) groups is 3. The molecule has 1 aliphatic heterocycles. The summed E-state index contributed by atoms with van der Waals surface area (Å²) in [5.41, 5.74) is 5.23. The van der Waals surface area contributed by atoms with Crippen LogP contribution in [0.15, 0.2) is 72.8 Å². The Hall–Kier alpha value is -4.17. The monoisotopic (exact) mass is 670 g/mol. The Morgan fingerprint density at radius 3 is 2.24 bits per heavy atom. The number of aryl methyl sites for hydroxylation is 2. The highest BCUT2D eigenvalue weighted by molar-refractivity contribution is 5.92. The van der Waals surface area contributed by atoms with Gasteiger partial charge in [0.2, 0.25) is 17.6 Å². The van der Waals surface area contributed by atoms with E-state index in [4.69, 9.17) is 14.2 Å². The van der Waals surface area contributed by atoms with E-state index in [1.54, 1.807) is 21.0 Å². The van der Waals surface area contributed by atoms with Crippen LogP contribution < -0.4 is 15.4 Å². The average Bonchev–Trinajstić information content (AvgIpc) is 3.33. The maximum atomic E-state index is 13.9. The van der Waals surface area contributed by atoms with Gasteiger partial charge in [0.1, 0.15) is 11.8 Å². The minimum Gasteiger partial charge on any atom is -0.497 e. The van der Waals surface area contributed by atoms with Crippen LogP contribution in [0.3, 0.4) is 0 Å². The Labute approximate surface area is 292 Å². The van der Waals surface area contributed by atoms with Crippen molar-refractivity contribution in [2.75, 3.05) is 7.11 Å². The van der Waals surface area contributed by atoms with E-state index in [0.29, 0.717) is 6.42 Å². The predicted octanol–water partition coefficient (Wildman–Crippen LogP) is 7.87. The molecule has 0 aliphatic carbocycles. The second-order valence-corrected chi connectivity index (χ2v) is 14.7. The molecule has 1 aliphatic rings. The van der Waals surface area contributed by atoms with Gasteiger partial charge in [-0.1, -0.05) is 101 Å². The van der Waals surface area contributed by atoms with Crippen LogP contribution in [0.1, 0.15) is 96.4 Å². The summed E-state index contributed by atoms with van der Waals surface area (Å²) in [6.07, 6.45) is 3.98. The lowest BCUT2D eigenvalue weighted by Gasteiger charge is -2.33. The van der Waals surface area contributed by atoms with Crippen LogP contribution in [0, 0.1) is 18.3 Å². The molecule has 1 heterocycles. The van der Waals surface area contributed by atoms with E-state index >= 15 is 0 Å². The number of hydrogen-bond acceptors (Lipinski definition) is 6. The third-order valence-corrected chi connectivity index (χ3v) is 9.17. The van der Waals surface area contributed by atoms with Crippen LogP contribution in [0.2, 0.25) is 0 Å². The number of unbranched alkanes of at least 4 members (excludes halogenated alkanes) is 3. The number of rotatable bonds is 15. The fraction of sp³-hybridized carbons (Fsp3) is 0.488. The zero-order valence-corrected chi connectivity index (χ0v) is 30.4. The topological polar surface area (TPSA) is 103 Å². The van der Waals surface area contributed by atoms with E-state index in [-0.39, 0.29) is 17.9 Å². The maximum absolute atomic E-state index is 13.9. The first-order valence-electron chi connectivity index (χ1n) is 17.5. The second-order valence-electron chi connectivity index (χ2n) is 14.7. The molecule has 8 heteroatoms. The van der Waals surface area contributed by atoms with Gasteiger partial charge in [-0.2, -0.15) is 0 Å². The van der Waals surface area contributed by atoms with Crippen LogP contribution in [0.4, 0.5) is 0 Å². The van der Waals surface area contributed by atoms with Crippen molar-refractivity contribution in [2.45, 2.75) is 111 Å². The summed E-state index contributed by atoms with van der Waals surface area (Å²) in [7, 11) is 1.68. The van der Waals surface area contributed by atoms with Crippen molar-refractivity contribution < 1.29 is 28.6 Å². The first kappa shape index (κ1) is 37.6. The first-order valence-corrected chi connectivity index (χ1v) is 17.5. The van der Waals surface area contributed by atoms with Gasteiger partial charge in [0.25, 0.3) is 0 Å². The third-order valence-electron chi connectivity index (χ3n) is 9.17. The molecule has 0 aromatic heterocycles. The van der Waals surface area contributed by atoms with Crippen molar-refractivity contribution in [3.05, 3.63) is 89.5 Å². The van der Waals surface area contributed by atoms with Crippen LogP contribution in [0.25, 0.3) is 11.1 Å². The van der Waals surface area contributed by atoms with Gasteiger partial charge in [-0.05, 0) is 78.5 Å². The number of hydrogen-bond donors (Lipinski definition) is 2. The summed E-state index contributed by atoms with van der Waals surface area (Å²) in [5, 5.41) is 6.05. The van der Waals surface area contributed by atoms with Crippen LogP contribution in [-0.4, -0.2) is 42.8 Å². The molecule has 8 nitrogen and oxygen atoms in total. The van der Waals surface area contributed by atoms with Gasteiger partial charge in [0.05, 0.1) is 19.1 Å². The van der Waals surface area contributed by atoms with Gasteiger partial charge < -0.3 is 24.8 Å². The van der Waals surface area contributed by atoms with Gasteiger partial charge in [-0.3, -0.25) is 9.59 Å². The SMILES string of the molecule is COc1cccc(-c2ccc(CCCCCC[C@@H](C(=O)N[C@H](C(=O)N[C@H](C)c3ccccc3)C(C)(C)C)[C@@H]3OC(C)(C)OC3=O)cc2C)c1. The summed E-state index contributed by atoms with van der Waals surface area (Å²) in [6.45, 7) is 13.1. The van der Waals surface area contributed by atoms with E-state index in [1.807, 2.05) is 70.2 Å². The predicted molar refractivity (Wildman–Crippen MR) is 193 cm³/mol. The van der Waals surface area contributed by atoms with Gasteiger partial charge >= 0.3 is 5.97 Å². The van der Waals surface area contributed by atoms with Crippen LogP contribution in [-0.2, 0) is 30.3 Å². The molecule has 264 valence electrons. The number of methoxy groups -OCH3 is 1. The summed E-state index contributed by atoms with van der Waals surface area (Å²) < 4.78 is 16.8. The smallest absolute Gasteiger partial charge is 0.338 e. The van der Waals surface area contributed by atoms with E-state index < -0.39 is 35.2 Å². The van der Waals surface area contributed by atoms with E-state index in [2.05, 4.69) is 47.9 Å². The molecule has 0 spiro atoms. The van der Waals surface area contributed by atoms with Crippen molar-refractivity contribution in [1.82, 2.24) is 10.6 Å². The average molecular weight is 671 g/mol. The lowest BCUT2D eigenvalue weighted by molar-refractivity contribution is -0.162. The molecule has 2 amide bonds. The highest BCUT2D eigenvalue weighted by Gasteiger charge is 2.48. The van der Waals surface area contributed by atoms with Crippen molar-refractivity contribution in [1.29, 1.82) is 0 Å². The molecule has 0 radical (unpaired) electrons. The van der Waals surface area contributed by atoms with Crippen molar-refractivity contribution in [3.63, 3.8) is 0 Å². The third kappa shape index (κ3) is 10.4. The standard InChI is InChI=1S/C41H54N2O6/c1-27-25-29(23-24-33(27)31-20-16-21-32(26-31)47-8)17-12-9-10-15-22-34(35-39(46)49-41(6,7)48-35)37(44)43-36(40(3,4)5)38(45)42-28(2)30-18-13-11-14-19-30/h11,13-14,16,18-21,23-26,28,34-36H,9-10,12,15,17,22H2,1-8H3,(H,42,45)(H,43,44)/t28-,34-,35+,36-/m1/s1. The summed E-state index contributed by atoms with van der Waals surface area (Å²) in [5.74, 6) is -2.27. The number of benzene rings is 3. The molecule has 1 saturated heterocycles. The fourth-order valence-corrected chi connectivity index (χ4v) is 6.43. The lowest BCUT2D eigenvalue weighted by atomic mass is 9.84. The Kier molecular flexibility index (Phi) is 12.7. The lowest BCUT2D eigenvalue weighted by Crippen LogP contribution is -2.56. The number of esters is 1. The molecule has 3 aromatic carbocycles. The molecule has 3 aromatic rings. The summed E-state index contributed by atoms with van der Waals surface area (Å²) >= 11 is 0. The van der Waals surface area contributed by atoms with Gasteiger partial charge in [0, 0.05) is 13.8 Å². The molecule has 49 heavy (non-hydrogen) atoms. The van der Waals surface area contributed by atoms with Gasteiger partial charge in [0.15, 0.2) is 6.10 Å². The first-order chi connectivity index (χ1) is 23.2. The minimum atomic E-state index is -1.12. The molecule has 4 atom stereocenters. The number of cyclic esters (lactones) is 1. The molecular weight excluding hydrogens is 616 g/mol. The van der Waals surface area contributed by atoms with Gasteiger partial charge in [-0.25, -0.2) is 4.79 Å². The molecule has 0 bridgehead atoms. The van der Waals surface area contributed by atoms with Crippen molar-refractivity contribution in [2.24, 2.45) is 11.3 Å². The highest BCUT2D eigenvalue weighted by atomic mass is 16.8. The molecule has 0 unspecified atom stereocenters. The largest absolute Gasteiger partial charge is 0.497 e. The molecule has 0 saturated carbocycles. The van der Waals surface area contributed by atoms with Gasteiger partial charge in [-0.15, -0.1) is 0 Å². The highest BCUT2D eigenvalue weighted by Crippen LogP contribution is 2.32. The molecule has 4 rings (SSSR count). The number of ether oxygens (including phenoxy) is 3. The number of nitrogens with one attached hydrogen (secondary N) is 2. The molecular formula is C41H54N2O6. The Morgan fingerprint density at radius 2 is 1.61 bits per heavy atom. The van der Waals surface area contributed by atoms with Crippen LogP contribution >= 0.6 is 0 Å². The zero-order chi connectivity index (χ0) is 35.8. The van der Waals surface area contributed by atoms with Crippen molar-refractivity contribution in [3.8, 4) is 16.9 Å². The zero-order valence-electron chi connectivity index (χ0n) is 30.4. The molecule has 1 fully saturated rings. The van der Waals surface area contributed by atoms with Crippen molar-refractivity contribution >= 4 is 17.8 Å². The Morgan fingerprint density at radius 1 is 0.898 bits per heavy atom. The van der Waals surface area contributed by atoms with E-state index in [1.165, 1.54) is 16.7 Å². The van der Waals surface area contributed by atoms with E-state index in [0.717, 1.165) is 49.0 Å². The second kappa shape index (κ2) is 16.5. The van der Waals surface area contributed by atoms with E-state index in [9.17, 15) is 14.4 Å². The quantitative estimate of drug-likeness (QED) is 0.126. The van der Waals surface area contributed by atoms with Crippen LogP contribution in [0.5, 0.6) is 5.75 Å². The Bertz CT molecular complexity index is 1580. The maximum Gasteiger partial charge on any atom is 0.338 e. The summed E-state index contributed by atoms with van der Waals surface area (Å²) in [4.78, 5) is 40.4. The number of carbonyl (C=O) groups excluding carboxylic acids is 3.